The number of aryl methyl sites for hydroxylation is 2. The van der Waals surface area contributed by atoms with Crippen LogP contribution < -0.4 is 5.69 Å². The molecule has 112 valence electrons. The number of hydrogen-bond donors (Lipinski definition) is 0. The Hall–Kier alpha value is -1.53. The SMILES string of the molecule is COC(=O)CCn1c(=O)nc(C)c2cc(SC)c(Cl)cc21. The number of nitrogens with zero attached hydrogens (tertiary/aromatic N) is 2. The number of rotatable bonds is 4. The molecule has 0 aliphatic carbocycles. The monoisotopic (exact) mass is 326 g/mol. The number of thioether (sulfide) groups is 1. The van der Waals surface area contributed by atoms with Crippen molar-refractivity contribution in [2.24, 2.45) is 0 Å². The number of benzene rings is 1. The molecule has 0 spiro atoms. The van der Waals surface area contributed by atoms with Gasteiger partial charge in [-0.1, -0.05) is 11.6 Å². The van der Waals surface area contributed by atoms with Crippen molar-refractivity contribution >= 4 is 40.2 Å². The molecule has 5 nitrogen and oxygen atoms in total. The number of esters is 1. The van der Waals surface area contributed by atoms with Crippen LogP contribution in [0.15, 0.2) is 21.8 Å². The van der Waals surface area contributed by atoms with Gasteiger partial charge in [-0.05, 0) is 25.3 Å². The van der Waals surface area contributed by atoms with E-state index < -0.39 is 5.69 Å². The number of carbonyl (C=O) groups is 1. The highest BCUT2D eigenvalue weighted by Gasteiger charge is 2.12. The van der Waals surface area contributed by atoms with E-state index in [1.807, 2.05) is 12.3 Å². The van der Waals surface area contributed by atoms with Crippen LogP contribution in [0.5, 0.6) is 0 Å². The number of hydrogen-bond acceptors (Lipinski definition) is 5. The second-order valence-corrected chi connectivity index (χ2v) is 5.72. The van der Waals surface area contributed by atoms with Crippen molar-refractivity contribution in [3.05, 3.63) is 33.3 Å². The number of methoxy groups -OCH3 is 1. The molecule has 0 amide bonds. The first-order valence-electron chi connectivity index (χ1n) is 6.29. The van der Waals surface area contributed by atoms with Crippen LogP contribution in [0, 0.1) is 6.92 Å². The maximum atomic E-state index is 12.1. The Morgan fingerprint density at radius 1 is 1.48 bits per heavy atom. The third kappa shape index (κ3) is 3.22. The smallest absolute Gasteiger partial charge is 0.348 e. The number of ether oxygens (including phenoxy) is 1. The molecule has 1 heterocycles. The molecule has 2 rings (SSSR count). The second kappa shape index (κ2) is 6.49. The maximum absolute atomic E-state index is 12.1. The lowest BCUT2D eigenvalue weighted by Gasteiger charge is -2.12. The highest BCUT2D eigenvalue weighted by molar-refractivity contribution is 7.98. The summed E-state index contributed by atoms with van der Waals surface area (Å²) >= 11 is 7.75. The molecule has 0 N–H and O–H groups in total. The normalized spacial score (nSPS) is 10.9. The average Bonchev–Trinajstić information content (AvgIpc) is 2.46. The Balaban J connectivity index is 2.61. The van der Waals surface area contributed by atoms with Crippen LogP contribution in [-0.4, -0.2) is 28.9 Å². The third-order valence-corrected chi connectivity index (χ3v) is 4.41. The molecule has 0 fully saturated rings. The first kappa shape index (κ1) is 15.9. The molecule has 2 aromatic rings. The predicted octanol–water partition coefficient (Wildman–Crippen LogP) is 2.64. The zero-order chi connectivity index (χ0) is 15.6. The summed E-state index contributed by atoms with van der Waals surface area (Å²) in [5.74, 6) is -0.373. The topological polar surface area (TPSA) is 61.2 Å². The lowest BCUT2D eigenvalue weighted by atomic mass is 10.2. The summed E-state index contributed by atoms with van der Waals surface area (Å²) in [6.07, 6.45) is 2.04. The largest absolute Gasteiger partial charge is 0.469 e. The summed E-state index contributed by atoms with van der Waals surface area (Å²) < 4.78 is 6.06. The van der Waals surface area contributed by atoms with E-state index in [1.165, 1.54) is 23.4 Å². The zero-order valence-corrected chi connectivity index (χ0v) is 13.5. The van der Waals surface area contributed by atoms with Crippen LogP contribution in [0.3, 0.4) is 0 Å². The van der Waals surface area contributed by atoms with Crippen molar-refractivity contribution < 1.29 is 9.53 Å². The van der Waals surface area contributed by atoms with Gasteiger partial charge >= 0.3 is 11.7 Å². The average molecular weight is 327 g/mol. The van der Waals surface area contributed by atoms with Crippen LogP contribution in [0.25, 0.3) is 10.9 Å². The minimum atomic E-state index is -0.392. The van der Waals surface area contributed by atoms with Gasteiger partial charge in [0.1, 0.15) is 0 Å². The molecule has 0 unspecified atom stereocenters. The molecular formula is C14H15ClN2O3S. The predicted molar refractivity (Wildman–Crippen MR) is 84.2 cm³/mol. The van der Waals surface area contributed by atoms with E-state index in [9.17, 15) is 9.59 Å². The quantitative estimate of drug-likeness (QED) is 0.638. The number of aromatic nitrogens is 2. The fraction of sp³-hybridized carbons (Fsp3) is 0.357. The standard InChI is InChI=1S/C14H15ClN2O3S/c1-8-9-6-12(21-3)10(15)7-11(9)17(14(19)16-8)5-4-13(18)20-2/h6-7H,4-5H2,1-3H3. The van der Waals surface area contributed by atoms with Crippen molar-refractivity contribution in [2.45, 2.75) is 24.8 Å². The van der Waals surface area contributed by atoms with E-state index in [0.717, 1.165) is 10.3 Å². The molecule has 21 heavy (non-hydrogen) atoms. The van der Waals surface area contributed by atoms with Crippen LogP contribution >= 0.6 is 23.4 Å². The summed E-state index contributed by atoms with van der Waals surface area (Å²) in [6, 6.07) is 3.66. The molecule has 7 heteroatoms. The van der Waals surface area contributed by atoms with Crippen molar-refractivity contribution in [3.63, 3.8) is 0 Å². The Kier molecular flexibility index (Phi) is 4.90. The van der Waals surface area contributed by atoms with E-state index in [1.54, 1.807) is 13.0 Å². The molecular weight excluding hydrogens is 312 g/mol. The van der Waals surface area contributed by atoms with Gasteiger partial charge in [-0.2, -0.15) is 4.98 Å². The molecule has 0 aliphatic heterocycles. The van der Waals surface area contributed by atoms with Gasteiger partial charge in [-0.3, -0.25) is 9.36 Å². The minimum Gasteiger partial charge on any atom is -0.469 e. The van der Waals surface area contributed by atoms with Gasteiger partial charge in [-0.15, -0.1) is 11.8 Å². The Morgan fingerprint density at radius 2 is 2.19 bits per heavy atom. The molecule has 1 aromatic carbocycles. The van der Waals surface area contributed by atoms with Crippen LogP contribution in [0.1, 0.15) is 12.1 Å². The first-order valence-corrected chi connectivity index (χ1v) is 7.89. The Labute approximate surface area is 131 Å². The van der Waals surface area contributed by atoms with Crippen molar-refractivity contribution in [1.29, 1.82) is 0 Å². The van der Waals surface area contributed by atoms with Crippen molar-refractivity contribution in [3.8, 4) is 0 Å². The summed E-state index contributed by atoms with van der Waals surface area (Å²) in [5.41, 5.74) is 0.937. The zero-order valence-electron chi connectivity index (χ0n) is 12.0. The van der Waals surface area contributed by atoms with Gasteiger partial charge in [0.15, 0.2) is 0 Å². The van der Waals surface area contributed by atoms with E-state index in [2.05, 4.69) is 9.72 Å². The molecule has 0 saturated carbocycles. The van der Waals surface area contributed by atoms with E-state index >= 15 is 0 Å². The molecule has 0 radical (unpaired) electrons. The van der Waals surface area contributed by atoms with Crippen molar-refractivity contribution in [1.82, 2.24) is 9.55 Å². The molecule has 0 aliphatic rings. The first-order chi connectivity index (χ1) is 9.97. The summed E-state index contributed by atoms with van der Waals surface area (Å²) in [4.78, 5) is 28.3. The fourth-order valence-electron chi connectivity index (χ4n) is 2.10. The highest BCUT2D eigenvalue weighted by Crippen LogP contribution is 2.30. The van der Waals surface area contributed by atoms with Gasteiger partial charge in [0.25, 0.3) is 0 Å². The van der Waals surface area contributed by atoms with Crippen molar-refractivity contribution in [2.75, 3.05) is 13.4 Å². The highest BCUT2D eigenvalue weighted by atomic mass is 35.5. The van der Waals surface area contributed by atoms with Crippen LogP contribution in [-0.2, 0) is 16.1 Å². The second-order valence-electron chi connectivity index (χ2n) is 4.46. The Morgan fingerprint density at radius 3 is 2.81 bits per heavy atom. The van der Waals surface area contributed by atoms with Gasteiger partial charge in [0.05, 0.1) is 29.8 Å². The molecule has 0 bridgehead atoms. The lowest BCUT2D eigenvalue weighted by Crippen LogP contribution is -2.25. The van der Waals surface area contributed by atoms with E-state index in [-0.39, 0.29) is 18.9 Å². The number of fused-ring (bicyclic) bond motifs is 1. The summed E-state index contributed by atoms with van der Waals surface area (Å²) in [7, 11) is 1.32. The summed E-state index contributed by atoms with van der Waals surface area (Å²) in [5, 5.41) is 1.43. The molecule has 1 aromatic heterocycles. The number of halogens is 1. The summed E-state index contributed by atoms with van der Waals surface area (Å²) in [6.45, 7) is 2.00. The van der Waals surface area contributed by atoms with E-state index in [0.29, 0.717) is 16.2 Å². The lowest BCUT2D eigenvalue weighted by molar-refractivity contribution is -0.140. The van der Waals surface area contributed by atoms with Gasteiger partial charge in [0.2, 0.25) is 0 Å². The van der Waals surface area contributed by atoms with Crippen LogP contribution in [0.2, 0.25) is 5.02 Å². The molecule has 0 saturated heterocycles. The maximum Gasteiger partial charge on any atom is 0.348 e. The fourth-order valence-corrected chi connectivity index (χ4v) is 2.98. The van der Waals surface area contributed by atoms with Gasteiger partial charge in [-0.25, -0.2) is 4.79 Å². The minimum absolute atomic E-state index is 0.109. The number of carbonyl (C=O) groups excluding carboxylic acids is 1. The van der Waals surface area contributed by atoms with Gasteiger partial charge in [0, 0.05) is 16.8 Å². The Bertz CT molecular complexity index is 758. The van der Waals surface area contributed by atoms with E-state index in [4.69, 9.17) is 11.6 Å². The van der Waals surface area contributed by atoms with Gasteiger partial charge < -0.3 is 4.74 Å². The molecule has 0 atom stereocenters. The third-order valence-electron chi connectivity index (χ3n) is 3.21. The van der Waals surface area contributed by atoms with Crippen LogP contribution in [0.4, 0.5) is 0 Å².